The lowest BCUT2D eigenvalue weighted by atomic mass is 10.3. The van der Waals surface area contributed by atoms with Crippen molar-refractivity contribution in [2.24, 2.45) is 0 Å². The molecule has 0 unspecified atom stereocenters. The van der Waals surface area contributed by atoms with Crippen molar-refractivity contribution in [3.05, 3.63) is 51.9 Å². The fraction of sp³-hybridized carbons (Fsp3) is 0.0909. The molecule has 0 bridgehead atoms. The van der Waals surface area contributed by atoms with Crippen LogP contribution < -0.4 is 5.32 Å². The molecular weight excluding hydrogens is 287 g/mol. The zero-order valence-electron chi connectivity index (χ0n) is 7.63. The molecule has 1 heterocycles. The molecule has 2 aromatic rings. The Morgan fingerprint density at radius 1 is 1.14 bits per heavy atom. The summed E-state index contributed by atoms with van der Waals surface area (Å²) in [5.41, 5.74) is 2.43. The van der Waals surface area contributed by atoms with E-state index in [0.717, 1.165) is 12.2 Å². The van der Waals surface area contributed by atoms with Crippen molar-refractivity contribution < 1.29 is 0 Å². The molecule has 72 valence electrons. The Morgan fingerprint density at radius 3 is 2.57 bits per heavy atom. The highest BCUT2D eigenvalue weighted by molar-refractivity contribution is 14.1. The van der Waals surface area contributed by atoms with Crippen LogP contribution in [0.3, 0.4) is 0 Å². The van der Waals surface area contributed by atoms with Crippen molar-refractivity contribution in [1.29, 1.82) is 0 Å². The molecule has 2 nitrogen and oxygen atoms in total. The van der Waals surface area contributed by atoms with Gasteiger partial charge in [0.1, 0.15) is 0 Å². The van der Waals surface area contributed by atoms with Crippen molar-refractivity contribution in [1.82, 2.24) is 4.98 Å². The third kappa shape index (κ3) is 2.51. The predicted octanol–water partition coefficient (Wildman–Crippen LogP) is 3.23. The summed E-state index contributed by atoms with van der Waals surface area (Å²) >= 11 is 2.30. The minimum atomic E-state index is 0.865. The van der Waals surface area contributed by atoms with Gasteiger partial charge in [0.25, 0.3) is 0 Å². The Bertz CT molecular complexity index is 378. The molecule has 0 amide bonds. The zero-order chi connectivity index (χ0) is 9.80. The van der Waals surface area contributed by atoms with Gasteiger partial charge in [0.2, 0.25) is 0 Å². The number of anilines is 1. The summed E-state index contributed by atoms with van der Waals surface area (Å²) in [7, 11) is 0. The summed E-state index contributed by atoms with van der Waals surface area (Å²) in [5.74, 6) is 0. The number of aromatic nitrogens is 1. The Kier molecular flexibility index (Phi) is 3.08. The van der Waals surface area contributed by atoms with Crippen LogP contribution in [0.1, 0.15) is 5.56 Å². The van der Waals surface area contributed by atoms with Crippen LogP contribution in [0.25, 0.3) is 0 Å². The number of rotatable bonds is 3. The third-order valence-corrected chi connectivity index (χ3v) is 2.72. The molecule has 1 aromatic carbocycles. The molecule has 14 heavy (non-hydrogen) atoms. The number of halogens is 1. The summed E-state index contributed by atoms with van der Waals surface area (Å²) in [6.07, 6.45) is 3.94. The van der Waals surface area contributed by atoms with Crippen LogP contribution in [-0.4, -0.2) is 4.98 Å². The molecule has 0 fully saturated rings. The highest BCUT2D eigenvalue weighted by Gasteiger charge is 1.93. The molecule has 0 aliphatic carbocycles. The molecule has 0 spiro atoms. The van der Waals surface area contributed by atoms with Crippen LogP contribution in [0.4, 0.5) is 5.69 Å². The summed E-state index contributed by atoms with van der Waals surface area (Å²) in [6.45, 7) is 0.865. The lowest BCUT2D eigenvalue weighted by Gasteiger charge is -2.04. The number of nitrogens with one attached hydrogen (secondary N) is 2. The predicted molar refractivity (Wildman–Crippen MR) is 67.3 cm³/mol. The largest absolute Gasteiger partial charge is 0.381 e. The van der Waals surface area contributed by atoms with E-state index in [0.29, 0.717) is 0 Å². The van der Waals surface area contributed by atoms with Gasteiger partial charge in [-0.05, 0) is 58.5 Å². The van der Waals surface area contributed by atoms with Gasteiger partial charge in [0, 0.05) is 28.2 Å². The van der Waals surface area contributed by atoms with Crippen molar-refractivity contribution in [3.63, 3.8) is 0 Å². The number of benzene rings is 1. The van der Waals surface area contributed by atoms with Crippen LogP contribution in [-0.2, 0) is 6.54 Å². The van der Waals surface area contributed by atoms with E-state index in [2.05, 4.69) is 63.2 Å². The molecule has 2 N–H and O–H groups in total. The van der Waals surface area contributed by atoms with Crippen LogP contribution in [0.2, 0.25) is 0 Å². The summed E-state index contributed by atoms with van der Waals surface area (Å²) < 4.78 is 1.26. The summed E-state index contributed by atoms with van der Waals surface area (Å²) in [6, 6.07) is 10.4. The van der Waals surface area contributed by atoms with E-state index in [-0.39, 0.29) is 0 Å². The van der Waals surface area contributed by atoms with E-state index in [1.54, 1.807) is 0 Å². The first-order valence-electron chi connectivity index (χ1n) is 4.46. The topological polar surface area (TPSA) is 27.8 Å². The monoisotopic (exact) mass is 298 g/mol. The van der Waals surface area contributed by atoms with E-state index < -0.39 is 0 Å². The number of hydrogen-bond acceptors (Lipinski definition) is 1. The molecule has 0 saturated heterocycles. The van der Waals surface area contributed by atoms with Gasteiger partial charge in [-0.2, -0.15) is 0 Å². The maximum Gasteiger partial charge on any atom is 0.0415 e. The average molecular weight is 298 g/mol. The van der Waals surface area contributed by atoms with Crippen molar-refractivity contribution in [2.45, 2.75) is 6.54 Å². The smallest absolute Gasteiger partial charge is 0.0415 e. The first-order chi connectivity index (χ1) is 6.84. The Hall–Kier alpha value is -0.970. The quantitative estimate of drug-likeness (QED) is 0.837. The Balaban J connectivity index is 1.95. The number of hydrogen-bond donors (Lipinski definition) is 2. The van der Waals surface area contributed by atoms with Crippen molar-refractivity contribution in [2.75, 3.05) is 5.32 Å². The number of H-pyrrole nitrogens is 1. The highest BCUT2D eigenvalue weighted by atomic mass is 127. The second-order valence-corrected chi connectivity index (χ2v) is 4.33. The molecule has 0 atom stereocenters. The van der Waals surface area contributed by atoms with E-state index in [1.165, 1.54) is 9.13 Å². The van der Waals surface area contributed by atoms with E-state index in [9.17, 15) is 0 Å². The third-order valence-electron chi connectivity index (χ3n) is 2.00. The Labute approximate surface area is 96.9 Å². The molecule has 0 aliphatic heterocycles. The lowest BCUT2D eigenvalue weighted by Crippen LogP contribution is -1.97. The van der Waals surface area contributed by atoms with E-state index >= 15 is 0 Å². The van der Waals surface area contributed by atoms with Gasteiger partial charge >= 0.3 is 0 Å². The molecule has 0 saturated carbocycles. The molecule has 2 rings (SSSR count). The van der Waals surface area contributed by atoms with Gasteiger partial charge in [-0.3, -0.25) is 0 Å². The average Bonchev–Trinajstić information content (AvgIpc) is 2.70. The molecule has 1 aromatic heterocycles. The second kappa shape index (κ2) is 4.50. The van der Waals surface area contributed by atoms with Gasteiger partial charge in [-0.15, -0.1) is 0 Å². The van der Waals surface area contributed by atoms with Crippen molar-refractivity contribution in [3.8, 4) is 0 Å². The van der Waals surface area contributed by atoms with Gasteiger partial charge < -0.3 is 10.3 Å². The minimum Gasteiger partial charge on any atom is -0.381 e. The Morgan fingerprint density at radius 2 is 1.93 bits per heavy atom. The van der Waals surface area contributed by atoms with Gasteiger partial charge in [-0.1, -0.05) is 0 Å². The summed E-state index contributed by atoms with van der Waals surface area (Å²) in [5, 5.41) is 3.35. The molecule has 3 heteroatoms. The molecule has 0 radical (unpaired) electrons. The van der Waals surface area contributed by atoms with Gasteiger partial charge in [0.05, 0.1) is 0 Å². The summed E-state index contributed by atoms with van der Waals surface area (Å²) in [4.78, 5) is 3.03. The molecule has 0 aliphatic rings. The van der Waals surface area contributed by atoms with Crippen LogP contribution in [0, 0.1) is 3.57 Å². The van der Waals surface area contributed by atoms with E-state index in [1.807, 2.05) is 12.4 Å². The zero-order valence-corrected chi connectivity index (χ0v) is 9.78. The molecular formula is C11H11IN2. The minimum absolute atomic E-state index is 0.865. The second-order valence-electron chi connectivity index (χ2n) is 3.08. The van der Waals surface area contributed by atoms with Crippen LogP contribution >= 0.6 is 22.6 Å². The standard InChI is InChI=1S/C11H11IN2/c12-10-1-3-11(4-2-10)14-8-9-5-6-13-7-9/h1-7,13-14H,8H2. The van der Waals surface area contributed by atoms with Crippen molar-refractivity contribution >= 4 is 28.3 Å². The fourth-order valence-electron chi connectivity index (χ4n) is 1.24. The first-order valence-corrected chi connectivity index (χ1v) is 5.53. The maximum atomic E-state index is 3.35. The van der Waals surface area contributed by atoms with E-state index in [4.69, 9.17) is 0 Å². The fourth-order valence-corrected chi connectivity index (χ4v) is 1.60. The highest BCUT2D eigenvalue weighted by Crippen LogP contribution is 2.12. The van der Waals surface area contributed by atoms with Gasteiger partial charge in [-0.25, -0.2) is 0 Å². The SMILES string of the molecule is Ic1ccc(NCc2cc[nH]c2)cc1. The first kappa shape index (κ1) is 9.58. The van der Waals surface area contributed by atoms with Gasteiger partial charge in [0.15, 0.2) is 0 Å². The van der Waals surface area contributed by atoms with Crippen LogP contribution in [0.5, 0.6) is 0 Å². The normalized spacial score (nSPS) is 10.1. The number of aromatic amines is 1. The lowest BCUT2D eigenvalue weighted by molar-refractivity contribution is 1.15. The maximum absolute atomic E-state index is 3.35. The van der Waals surface area contributed by atoms with Crippen LogP contribution in [0.15, 0.2) is 42.7 Å².